The normalized spacial score (nSPS) is 11.2. The van der Waals surface area contributed by atoms with Crippen molar-refractivity contribution in [3.8, 4) is 0 Å². The first-order valence-corrected chi connectivity index (χ1v) is 7.20. The second kappa shape index (κ2) is 7.27. The summed E-state index contributed by atoms with van der Waals surface area (Å²) < 4.78 is 5.84. The van der Waals surface area contributed by atoms with Gasteiger partial charge in [0.15, 0.2) is 0 Å². The summed E-state index contributed by atoms with van der Waals surface area (Å²) in [5, 5.41) is 3.34. The molecule has 0 amide bonds. The first kappa shape index (κ1) is 14.8. The number of furan rings is 1. The third-order valence-electron chi connectivity index (χ3n) is 3.36. The molecule has 20 heavy (non-hydrogen) atoms. The average Bonchev–Trinajstić information content (AvgIpc) is 2.77. The fraction of sp³-hybridized carbons (Fsp3) is 0.412. The zero-order valence-corrected chi connectivity index (χ0v) is 12.6. The van der Waals surface area contributed by atoms with E-state index < -0.39 is 0 Å². The highest BCUT2D eigenvalue weighted by molar-refractivity contribution is 5.21. The molecular weight excluding hydrogens is 248 g/mol. The van der Waals surface area contributed by atoms with Crippen LogP contribution in [0.5, 0.6) is 0 Å². The first-order chi connectivity index (χ1) is 9.69. The Balaban J connectivity index is 1.92. The first-order valence-electron chi connectivity index (χ1n) is 7.20. The summed E-state index contributed by atoms with van der Waals surface area (Å²) in [6.07, 6.45) is 0. The summed E-state index contributed by atoms with van der Waals surface area (Å²) in [6.45, 7) is 7.78. The van der Waals surface area contributed by atoms with Crippen LogP contribution in [0, 0.1) is 6.92 Å². The third-order valence-corrected chi connectivity index (χ3v) is 3.36. The van der Waals surface area contributed by atoms with Gasteiger partial charge in [-0.25, -0.2) is 0 Å². The van der Waals surface area contributed by atoms with Gasteiger partial charge in [-0.05, 0) is 32.1 Å². The van der Waals surface area contributed by atoms with Gasteiger partial charge in [0.05, 0.1) is 6.54 Å². The van der Waals surface area contributed by atoms with Crippen molar-refractivity contribution < 1.29 is 4.42 Å². The zero-order chi connectivity index (χ0) is 14.4. The topological polar surface area (TPSA) is 28.4 Å². The van der Waals surface area contributed by atoms with E-state index in [0.29, 0.717) is 0 Å². The Morgan fingerprint density at radius 3 is 2.60 bits per heavy atom. The van der Waals surface area contributed by atoms with Gasteiger partial charge in [0, 0.05) is 18.7 Å². The highest BCUT2D eigenvalue weighted by Crippen LogP contribution is 2.16. The van der Waals surface area contributed by atoms with Gasteiger partial charge in [-0.1, -0.05) is 37.3 Å². The van der Waals surface area contributed by atoms with Crippen molar-refractivity contribution in [2.75, 3.05) is 13.6 Å². The Kier molecular flexibility index (Phi) is 5.39. The summed E-state index contributed by atoms with van der Waals surface area (Å²) in [6, 6.07) is 12.7. The Bertz CT molecular complexity index is 519. The van der Waals surface area contributed by atoms with Crippen LogP contribution in [0.4, 0.5) is 0 Å². The van der Waals surface area contributed by atoms with E-state index in [2.05, 4.69) is 54.5 Å². The second-order valence-corrected chi connectivity index (χ2v) is 5.23. The van der Waals surface area contributed by atoms with E-state index >= 15 is 0 Å². The van der Waals surface area contributed by atoms with Crippen molar-refractivity contribution in [2.45, 2.75) is 33.5 Å². The molecule has 0 aliphatic carbocycles. The summed E-state index contributed by atoms with van der Waals surface area (Å²) >= 11 is 0. The molecule has 0 spiro atoms. The summed E-state index contributed by atoms with van der Waals surface area (Å²) in [5.41, 5.74) is 2.58. The summed E-state index contributed by atoms with van der Waals surface area (Å²) in [4.78, 5) is 2.27. The molecule has 3 nitrogen and oxygen atoms in total. The highest BCUT2D eigenvalue weighted by Gasteiger charge is 2.09. The molecule has 1 N–H and O–H groups in total. The van der Waals surface area contributed by atoms with Crippen LogP contribution in [-0.2, 0) is 19.6 Å². The van der Waals surface area contributed by atoms with Gasteiger partial charge in [0.1, 0.15) is 11.5 Å². The van der Waals surface area contributed by atoms with Crippen LogP contribution in [0.2, 0.25) is 0 Å². The Morgan fingerprint density at radius 2 is 1.90 bits per heavy atom. The molecule has 2 aromatic rings. The zero-order valence-electron chi connectivity index (χ0n) is 12.6. The van der Waals surface area contributed by atoms with E-state index in [1.807, 2.05) is 13.0 Å². The molecule has 1 heterocycles. The lowest BCUT2D eigenvalue weighted by Crippen LogP contribution is -2.16. The molecule has 108 valence electrons. The molecule has 1 aromatic heterocycles. The lowest BCUT2D eigenvalue weighted by molar-refractivity contribution is 0.285. The van der Waals surface area contributed by atoms with Crippen LogP contribution in [-0.4, -0.2) is 18.5 Å². The van der Waals surface area contributed by atoms with Crippen molar-refractivity contribution in [1.29, 1.82) is 0 Å². The molecule has 0 unspecified atom stereocenters. The Hall–Kier alpha value is -1.58. The van der Waals surface area contributed by atoms with Crippen LogP contribution in [0.3, 0.4) is 0 Å². The molecule has 0 atom stereocenters. The second-order valence-electron chi connectivity index (χ2n) is 5.23. The van der Waals surface area contributed by atoms with E-state index in [9.17, 15) is 0 Å². The molecule has 0 saturated carbocycles. The lowest BCUT2D eigenvalue weighted by Gasteiger charge is -2.14. The number of nitrogens with zero attached hydrogens (tertiary/aromatic N) is 1. The van der Waals surface area contributed by atoms with Crippen LogP contribution in [0.1, 0.15) is 29.6 Å². The Morgan fingerprint density at radius 1 is 1.15 bits per heavy atom. The van der Waals surface area contributed by atoms with Crippen LogP contribution < -0.4 is 5.32 Å². The van der Waals surface area contributed by atoms with Gasteiger partial charge in [-0.15, -0.1) is 0 Å². The van der Waals surface area contributed by atoms with E-state index in [1.165, 1.54) is 11.1 Å². The molecule has 3 heteroatoms. The highest BCUT2D eigenvalue weighted by atomic mass is 16.3. The third kappa shape index (κ3) is 4.22. The molecule has 0 bridgehead atoms. The number of rotatable bonds is 7. The number of nitrogens with one attached hydrogen (secondary N) is 1. The summed E-state index contributed by atoms with van der Waals surface area (Å²) in [7, 11) is 2.12. The minimum Gasteiger partial charge on any atom is -0.465 e. The molecule has 0 aliphatic heterocycles. The van der Waals surface area contributed by atoms with Crippen molar-refractivity contribution >= 4 is 0 Å². The van der Waals surface area contributed by atoms with Crippen molar-refractivity contribution in [3.63, 3.8) is 0 Å². The molecule has 0 fully saturated rings. The quantitative estimate of drug-likeness (QED) is 0.838. The lowest BCUT2D eigenvalue weighted by atomic mass is 10.2. The number of aryl methyl sites for hydroxylation is 1. The van der Waals surface area contributed by atoms with Gasteiger partial charge in [-0.2, -0.15) is 0 Å². The minimum atomic E-state index is 0.835. The molecule has 0 saturated heterocycles. The maximum absolute atomic E-state index is 5.84. The van der Waals surface area contributed by atoms with Crippen molar-refractivity contribution in [1.82, 2.24) is 10.2 Å². The smallest absolute Gasteiger partial charge is 0.118 e. The SMILES string of the molecule is CCNCc1cc(CN(C)Cc2ccccc2)oc1C. The molecule has 0 aliphatic rings. The molecule has 2 rings (SSSR count). The largest absolute Gasteiger partial charge is 0.465 e. The predicted octanol–water partition coefficient (Wildman–Crippen LogP) is 3.33. The van der Waals surface area contributed by atoms with Crippen LogP contribution in [0.25, 0.3) is 0 Å². The molecule has 1 aromatic carbocycles. The van der Waals surface area contributed by atoms with Crippen LogP contribution >= 0.6 is 0 Å². The number of hydrogen-bond acceptors (Lipinski definition) is 3. The van der Waals surface area contributed by atoms with Gasteiger partial charge in [0.25, 0.3) is 0 Å². The van der Waals surface area contributed by atoms with Gasteiger partial charge in [-0.3, -0.25) is 4.90 Å². The van der Waals surface area contributed by atoms with Gasteiger partial charge in [0.2, 0.25) is 0 Å². The summed E-state index contributed by atoms with van der Waals surface area (Å²) in [5.74, 6) is 2.06. The molecule has 0 radical (unpaired) electrons. The van der Waals surface area contributed by atoms with Crippen molar-refractivity contribution in [2.24, 2.45) is 0 Å². The van der Waals surface area contributed by atoms with Gasteiger partial charge >= 0.3 is 0 Å². The maximum Gasteiger partial charge on any atom is 0.118 e. The van der Waals surface area contributed by atoms with Gasteiger partial charge < -0.3 is 9.73 Å². The Labute approximate surface area is 121 Å². The van der Waals surface area contributed by atoms with E-state index in [-0.39, 0.29) is 0 Å². The van der Waals surface area contributed by atoms with E-state index in [0.717, 1.165) is 37.7 Å². The fourth-order valence-electron chi connectivity index (χ4n) is 2.32. The standard InChI is InChI=1S/C17H24N2O/c1-4-18-11-16-10-17(20-14(16)2)13-19(3)12-15-8-6-5-7-9-15/h5-10,18H,4,11-13H2,1-3H3. The van der Waals surface area contributed by atoms with E-state index in [4.69, 9.17) is 4.42 Å². The number of hydrogen-bond donors (Lipinski definition) is 1. The van der Waals surface area contributed by atoms with Crippen molar-refractivity contribution in [3.05, 3.63) is 59.0 Å². The van der Waals surface area contributed by atoms with E-state index in [1.54, 1.807) is 0 Å². The monoisotopic (exact) mass is 272 g/mol. The van der Waals surface area contributed by atoms with Crippen LogP contribution in [0.15, 0.2) is 40.8 Å². The minimum absolute atomic E-state index is 0.835. The predicted molar refractivity (Wildman–Crippen MR) is 82.4 cm³/mol. The number of benzene rings is 1. The average molecular weight is 272 g/mol. The fourth-order valence-corrected chi connectivity index (χ4v) is 2.32. The maximum atomic E-state index is 5.84. The molecular formula is C17H24N2O.